The van der Waals surface area contributed by atoms with Gasteiger partial charge < -0.3 is 4.57 Å². The first kappa shape index (κ1) is 81.2. The van der Waals surface area contributed by atoms with Gasteiger partial charge in [-0.1, -0.05) is 362 Å². The molecule has 0 N–H and O–H groups in total. The van der Waals surface area contributed by atoms with Crippen molar-refractivity contribution >= 4 is 187 Å². The van der Waals surface area contributed by atoms with Crippen LogP contribution in [0.5, 0.6) is 0 Å². The van der Waals surface area contributed by atoms with Crippen molar-refractivity contribution in [2.45, 2.75) is 12.8 Å². The predicted molar refractivity (Wildman–Crippen MR) is 570 cm³/mol. The molecule has 0 fully saturated rings. The van der Waals surface area contributed by atoms with Gasteiger partial charge in [-0.3, -0.25) is 9.13 Å². The number of para-hydroxylation sites is 7. The third-order valence-corrected chi connectivity index (χ3v) is 27.4. The summed E-state index contributed by atoms with van der Waals surface area (Å²) in [5.41, 5.74) is 29.7. The highest BCUT2D eigenvalue weighted by atomic mass is 35.5. The van der Waals surface area contributed by atoms with Crippen LogP contribution in [0.1, 0.15) is 22.3 Å². The van der Waals surface area contributed by atoms with Crippen molar-refractivity contribution in [1.82, 2.24) is 43.6 Å². The fraction of sp³-hybridized carbons (Fsp3) is 0.0161. The van der Waals surface area contributed by atoms with Crippen LogP contribution in [-0.4, -0.2) is 43.6 Å². The summed E-state index contributed by atoms with van der Waals surface area (Å²) < 4.78 is 7.00. The van der Waals surface area contributed by atoms with Gasteiger partial charge in [0.1, 0.15) is 17.1 Å². The van der Waals surface area contributed by atoms with E-state index in [4.69, 9.17) is 54.7 Å². The Morgan fingerprint density at radius 3 is 1.18 bits per heavy atom. The normalized spacial score (nSPS) is 11.9. The quantitative estimate of drug-likeness (QED) is 0.165. The second-order valence-corrected chi connectivity index (χ2v) is 35.9. The van der Waals surface area contributed by atoms with Crippen molar-refractivity contribution < 1.29 is 0 Å². The van der Waals surface area contributed by atoms with Crippen LogP contribution in [0.4, 0.5) is 0 Å². The van der Waals surface area contributed by atoms with Gasteiger partial charge in [-0.15, -0.1) is 0 Å². The van der Waals surface area contributed by atoms with Gasteiger partial charge in [0.05, 0.1) is 66.2 Å². The van der Waals surface area contributed by atoms with Gasteiger partial charge >= 0.3 is 0 Å². The number of benzene rings is 21. The van der Waals surface area contributed by atoms with E-state index >= 15 is 0 Å². The van der Waals surface area contributed by atoms with Gasteiger partial charge in [-0.25, -0.2) is 29.9 Å². The number of rotatable bonds is 6. The van der Waals surface area contributed by atoms with E-state index in [0.717, 1.165) is 135 Å². The molecule has 136 heavy (non-hydrogen) atoms. The van der Waals surface area contributed by atoms with E-state index in [1.807, 2.05) is 140 Å². The maximum atomic E-state index is 6.46. The molecule has 0 unspecified atom stereocenters. The first-order valence-corrected chi connectivity index (χ1v) is 46.8. The summed E-state index contributed by atoms with van der Waals surface area (Å²) in [6, 6.07) is 157. The molecule has 0 atom stereocenters. The molecule has 6 heterocycles. The fourth-order valence-electron chi connectivity index (χ4n) is 20.3. The molecule has 2 aliphatic carbocycles. The number of aromatic nitrogens is 9. The molecule has 0 spiro atoms. The Hall–Kier alpha value is -16.8. The summed E-state index contributed by atoms with van der Waals surface area (Å²) in [5.74, 6) is 1.63. The van der Waals surface area contributed by atoms with Crippen molar-refractivity contribution in [3.05, 3.63) is 486 Å². The third kappa shape index (κ3) is 14.5. The van der Waals surface area contributed by atoms with E-state index in [1.54, 1.807) is 0 Å². The highest BCUT2D eigenvalue weighted by molar-refractivity contribution is 6.33. The summed E-state index contributed by atoms with van der Waals surface area (Å²) in [4.78, 5) is 29.8. The highest BCUT2D eigenvalue weighted by Crippen LogP contribution is 2.47. The first-order valence-electron chi connectivity index (χ1n) is 45.7. The van der Waals surface area contributed by atoms with E-state index in [9.17, 15) is 0 Å². The van der Waals surface area contributed by atoms with Crippen LogP contribution in [0.3, 0.4) is 0 Å². The van der Waals surface area contributed by atoms with Crippen molar-refractivity contribution in [2.24, 2.45) is 0 Å². The van der Waals surface area contributed by atoms with Crippen molar-refractivity contribution in [3.8, 4) is 73.3 Å². The Labute approximate surface area is 797 Å². The molecule has 21 aromatic carbocycles. The zero-order valence-corrected chi connectivity index (χ0v) is 75.6. The second kappa shape index (κ2) is 34.1. The predicted octanol–water partition coefficient (Wildman–Crippen LogP) is 33.4. The molecule has 0 saturated carbocycles. The lowest BCUT2D eigenvalue weighted by atomic mass is 9.99. The first-order chi connectivity index (χ1) is 67.1. The molecule has 6 aromatic heterocycles. The Morgan fingerprint density at radius 2 is 0.596 bits per heavy atom. The van der Waals surface area contributed by atoms with Crippen molar-refractivity contribution in [3.63, 3.8) is 0 Å². The van der Waals surface area contributed by atoms with Crippen LogP contribution in [-0.2, 0) is 12.8 Å². The lowest BCUT2D eigenvalue weighted by Crippen LogP contribution is -2.03. The summed E-state index contributed by atoms with van der Waals surface area (Å²) in [5, 5.41) is 21.7. The minimum Gasteiger partial charge on any atom is -0.309 e. The number of fused-ring (bicyclic) bond motifs is 25. The minimum absolute atomic E-state index is 0.440. The molecule has 0 radical (unpaired) electrons. The molecule has 9 nitrogen and oxygen atoms in total. The molecule has 12 heteroatoms. The maximum absolute atomic E-state index is 6.46. The molecule has 0 bridgehead atoms. The zero-order chi connectivity index (χ0) is 90.4. The Kier molecular flexibility index (Phi) is 20.4. The van der Waals surface area contributed by atoms with Crippen molar-refractivity contribution in [1.29, 1.82) is 0 Å². The topological polar surface area (TPSA) is 92.1 Å². The van der Waals surface area contributed by atoms with Crippen LogP contribution < -0.4 is 0 Å². The smallest absolute Gasteiger partial charge is 0.165 e. The van der Waals surface area contributed by atoms with Gasteiger partial charge in [0.2, 0.25) is 0 Å². The standard InChI is InChI=1S/C46H28N4.C30H18ClN3.C17H11Cl.C17H12.C14H9ClN2/c1-2-13-30(14-3-1)44-46(48-40-20-10-9-19-39(40)47-44)50-42-25-23-33(28-38(42)37-26-31-15-4-5-16-32(31)27-43(37)50)49-41-21-11-8-18-35(41)36-24-22-29-12-6-7-17-34(29)45(36)49;31-22-14-15-27-24(18-22)23-16-20-10-4-5-11-21(20)17-28(23)34(27)30-29(19-8-2-1-3-9-19)32-25-12-6-7-13-26(25)33-30;18-15-6-5-13-8-14-7-11-3-1-2-4-12(11)9-16(14)17(13)10-15;1-3-7-14-12(5-1)9-10-16-15-8-4-2-6-13(15)11-17(14)16;15-14-13(10-6-2-1-3-7-10)16-11-8-4-5-9-12(11)17-14/h1-28H;1-18H;1-7,9-10H,8H2;1-10H,11H2;1-9H. The van der Waals surface area contributed by atoms with Crippen molar-refractivity contribution in [2.75, 3.05) is 0 Å². The maximum Gasteiger partial charge on any atom is 0.165 e. The van der Waals surface area contributed by atoms with E-state index in [0.29, 0.717) is 10.2 Å². The average molecular weight is 1800 g/mol. The summed E-state index contributed by atoms with van der Waals surface area (Å²) in [6.07, 6.45) is 2.10. The fourth-order valence-corrected chi connectivity index (χ4v) is 20.9. The number of hydrogen-bond acceptors (Lipinski definition) is 6. The van der Waals surface area contributed by atoms with Crippen LogP contribution in [0, 0.1) is 0 Å². The lowest BCUT2D eigenvalue weighted by molar-refractivity contribution is 1.08. The van der Waals surface area contributed by atoms with Crippen LogP contribution in [0.25, 0.3) is 226 Å². The molecular weight excluding hydrogens is 1720 g/mol. The molecule has 0 aliphatic heterocycles. The molecule has 27 aromatic rings. The van der Waals surface area contributed by atoms with Gasteiger partial charge in [0.25, 0.3) is 0 Å². The molecule has 0 amide bonds. The van der Waals surface area contributed by atoms with Gasteiger partial charge in [-0.2, -0.15) is 0 Å². The highest BCUT2D eigenvalue weighted by Gasteiger charge is 2.27. The largest absolute Gasteiger partial charge is 0.309 e. The van der Waals surface area contributed by atoms with Crippen LogP contribution >= 0.6 is 34.8 Å². The SMILES string of the molecule is Clc1ccc2c(c1)-c1cc3ccccc3cc1C2.Clc1ccc2c(c1)c1cc3ccccc3cc1n2-c1nc2ccccc2nc1-c1ccccc1.Clc1nc2ccccc2nc1-c1ccccc1.c1ccc(-c2nc3ccccc3nc2-n2c3ccc(-n4c5ccccc5c5ccc6ccccc6c54)cc3c3cc4ccccc4cc32)cc1.c1ccc2c(c1)Cc1c-2ccc2ccccc12. The Morgan fingerprint density at radius 1 is 0.199 bits per heavy atom. The van der Waals surface area contributed by atoms with E-state index in [2.05, 4.69) is 333 Å². The molecule has 0 saturated heterocycles. The molecular formula is C124H78Cl3N9. The number of hydrogen-bond donors (Lipinski definition) is 0. The van der Waals surface area contributed by atoms with Gasteiger partial charge in [-0.05, 0) is 227 Å². The Balaban J connectivity index is 0.0000000982. The van der Waals surface area contributed by atoms with E-state index in [-0.39, 0.29) is 0 Å². The summed E-state index contributed by atoms with van der Waals surface area (Å²) in [6.45, 7) is 0. The zero-order valence-electron chi connectivity index (χ0n) is 73.3. The number of halogens is 3. The monoisotopic (exact) mass is 1800 g/mol. The Bertz CT molecular complexity index is 9500. The van der Waals surface area contributed by atoms with Crippen LogP contribution in [0.2, 0.25) is 15.2 Å². The van der Waals surface area contributed by atoms with Gasteiger partial charge in [0, 0.05) is 70.1 Å². The molecule has 29 rings (SSSR count). The summed E-state index contributed by atoms with van der Waals surface area (Å²) >= 11 is 18.7. The third-order valence-electron chi connectivity index (χ3n) is 26.7. The molecule has 640 valence electrons. The summed E-state index contributed by atoms with van der Waals surface area (Å²) in [7, 11) is 0. The minimum atomic E-state index is 0.440. The van der Waals surface area contributed by atoms with E-state index < -0.39 is 0 Å². The number of nitrogens with zero attached hydrogens (tertiary/aromatic N) is 9. The molecule has 2 aliphatic rings. The lowest BCUT2D eigenvalue weighted by Gasteiger charge is -2.14. The van der Waals surface area contributed by atoms with Crippen LogP contribution in [0.15, 0.2) is 449 Å². The second-order valence-electron chi connectivity index (χ2n) is 34.7. The van der Waals surface area contributed by atoms with E-state index in [1.165, 1.54) is 131 Å². The van der Waals surface area contributed by atoms with Gasteiger partial charge in [0.15, 0.2) is 16.8 Å². The average Bonchev–Trinajstić information content (AvgIpc) is 1.57.